The maximum absolute atomic E-state index is 13.0. The van der Waals surface area contributed by atoms with Crippen LogP contribution in [0.25, 0.3) is 22.2 Å². The van der Waals surface area contributed by atoms with E-state index in [1.165, 1.54) is 11.3 Å². The van der Waals surface area contributed by atoms with Crippen molar-refractivity contribution in [3.05, 3.63) is 75.4 Å². The number of fused-ring (bicyclic) bond motifs is 1. The Labute approximate surface area is 188 Å². The number of aromatic nitrogens is 1. The third-order valence-corrected chi connectivity index (χ3v) is 5.76. The number of rotatable bonds is 6. The van der Waals surface area contributed by atoms with E-state index in [4.69, 9.17) is 26.1 Å². The summed E-state index contributed by atoms with van der Waals surface area (Å²) in [4.78, 5) is 18.5. The molecule has 0 unspecified atom stereocenters. The highest BCUT2D eigenvalue weighted by Crippen LogP contribution is 2.34. The molecule has 4 aromatic rings. The molecule has 0 aliphatic rings. The number of nitrogens with zero attached hydrogens (tertiary/aromatic N) is 2. The van der Waals surface area contributed by atoms with Gasteiger partial charge in [0.25, 0.3) is 5.91 Å². The second-order valence-corrected chi connectivity index (χ2v) is 8.23. The normalized spacial score (nSPS) is 11.1. The zero-order valence-corrected chi connectivity index (χ0v) is 18.3. The summed E-state index contributed by atoms with van der Waals surface area (Å²) in [5, 5.41) is 4.79. The fraction of sp³-hybridized carbons (Fsp3) is 0.0870. The Morgan fingerprint density at radius 2 is 1.94 bits per heavy atom. The van der Waals surface area contributed by atoms with E-state index in [0.29, 0.717) is 32.6 Å². The maximum Gasteiger partial charge on any atom is 0.272 e. The number of pyridine rings is 1. The summed E-state index contributed by atoms with van der Waals surface area (Å²) >= 11 is 7.30. The zero-order valence-electron chi connectivity index (χ0n) is 16.8. The van der Waals surface area contributed by atoms with Crippen LogP contribution in [0.15, 0.2) is 65.8 Å². The predicted molar refractivity (Wildman–Crippen MR) is 125 cm³/mol. The average Bonchev–Trinajstić information content (AvgIpc) is 3.22. The summed E-state index contributed by atoms with van der Waals surface area (Å²) in [7, 11) is 3.17. The number of hydrogen-bond acceptors (Lipinski definition) is 6. The Bertz CT molecular complexity index is 1290. The van der Waals surface area contributed by atoms with Crippen molar-refractivity contribution in [1.29, 1.82) is 0 Å². The third kappa shape index (κ3) is 4.52. The van der Waals surface area contributed by atoms with Crippen LogP contribution in [-0.2, 0) is 0 Å². The highest BCUT2D eigenvalue weighted by molar-refractivity contribution is 7.17. The van der Waals surface area contributed by atoms with Crippen LogP contribution in [0.3, 0.4) is 0 Å². The van der Waals surface area contributed by atoms with Crippen LogP contribution in [0, 0.1) is 0 Å². The maximum atomic E-state index is 13.0. The number of amides is 1. The molecule has 0 saturated heterocycles. The Hall–Kier alpha value is -3.42. The summed E-state index contributed by atoms with van der Waals surface area (Å²) in [6, 6.07) is 18.3. The van der Waals surface area contributed by atoms with Crippen LogP contribution in [0.5, 0.6) is 11.5 Å². The predicted octanol–water partition coefficient (Wildman–Crippen LogP) is 5.40. The smallest absolute Gasteiger partial charge is 0.272 e. The lowest BCUT2D eigenvalue weighted by atomic mass is 10.0. The molecule has 0 bridgehead atoms. The molecule has 0 spiro atoms. The standard InChI is InChI=1S/C23H18ClN3O3S/c1-29-14-7-9-17(21(11-14)30-2)20-12-18(16-5-3-4-6-19(16)26-20)23(28)27-25-13-15-8-10-22(24)31-15/h3-13H,1-2H3,(H,27,28)/b25-13+. The first-order valence-electron chi connectivity index (χ1n) is 9.30. The number of hydrogen-bond donors (Lipinski definition) is 1. The van der Waals surface area contributed by atoms with Crippen molar-refractivity contribution >= 4 is 46.0 Å². The van der Waals surface area contributed by atoms with Crippen molar-refractivity contribution in [1.82, 2.24) is 10.4 Å². The molecule has 156 valence electrons. The number of carbonyl (C=O) groups excluding carboxylic acids is 1. The molecule has 4 rings (SSSR count). The molecular formula is C23H18ClN3O3S. The minimum Gasteiger partial charge on any atom is -0.497 e. The van der Waals surface area contributed by atoms with Crippen molar-refractivity contribution in [2.75, 3.05) is 14.2 Å². The van der Waals surface area contributed by atoms with E-state index >= 15 is 0 Å². The number of benzene rings is 2. The Morgan fingerprint density at radius 3 is 2.68 bits per heavy atom. The van der Waals surface area contributed by atoms with Gasteiger partial charge < -0.3 is 9.47 Å². The Balaban J connectivity index is 1.73. The van der Waals surface area contributed by atoms with Crippen LogP contribution in [0.2, 0.25) is 4.34 Å². The van der Waals surface area contributed by atoms with Crippen LogP contribution < -0.4 is 14.9 Å². The SMILES string of the molecule is COc1ccc(-c2cc(C(=O)N/N=C/c3ccc(Cl)s3)c3ccccc3n2)c(OC)c1. The molecule has 1 N–H and O–H groups in total. The minimum absolute atomic E-state index is 0.341. The molecule has 0 atom stereocenters. The van der Waals surface area contributed by atoms with Crippen LogP contribution in [-0.4, -0.2) is 31.3 Å². The number of halogens is 1. The van der Waals surface area contributed by atoms with Crippen molar-refractivity contribution in [2.24, 2.45) is 5.10 Å². The van der Waals surface area contributed by atoms with Gasteiger partial charge in [0.05, 0.1) is 41.5 Å². The fourth-order valence-corrected chi connectivity index (χ4v) is 4.06. The second kappa shape index (κ2) is 9.16. The lowest BCUT2D eigenvalue weighted by Crippen LogP contribution is -2.18. The molecule has 0 aliphatic heterocycles. The number of thiophene rings is 1. The molecule has 0 aliphatic carbocycles. The first-order chi connectivity index (χ1) is 15.1. The summed E-state index contributed by atoms with van der Waals surface area (Å²) in [6.45, 7) is 0. The van der Waals surface area contributed by atoms with Gasteiger partial charge in [0.1, 0.15) is 11.5 Å². The molecule has 0 radical (unpaired) electrons. The van der Waals surface area contributed by atoms with Gasteiger partial charge in [-0.3, -0.25) is 4.79 Å². The van der Waals surface area contributed by atoms with Gasteiger partial charge in [-0.15, -0.1) is 11.3 Å². The van der Waals surface area contributed by atoms with Crippen molar-refractivity contribution in [3.8, 4) is 22.8 Å². The van der Waals surface area contributed by atoms with Gasteiger partial charge in [-0.25, -0.2) is 10.4 Å². The van der Waals surface area contributed by atoms with Gasteiger partial charge >= 0.3 is 0 Å². The summed E-state index contributed by atoms with van der Waals surface area (Å²) in [6.07, 6.45) is 1.56. The Kier molecular flexibility index (Phi) is 6.16. The van der Waals surface area contributed by atoms with Gasteiger partial charge in [-0.05, 0) is 36.4 Å². The zero-order chi connectivity index (χ0) is 21.8. The van der Waals surface area contributed by atoms with Crippen LogP contribution in [0.1, 0.15) is 15.2 Å². The van der Waals surface area contributed by atoms with Crippen LogP contribution >= 0.6 is 22.9 Å². The molecule has 6 nitrogen and oxygen atoms in total. The van der Waals surface area contributed by atoms with E-state index in [2.05, 4.69) is 10.5 Å². The summed E-state index contributed by atoms with van der Waals surface area (Å²) < 4.78 is 11.4. The lowest BCUT2D eigenvalue weighted by molar-refractivity contribution is 0.0956. The first kappa shape index (κ1) is 20.8. The number of carbonyl (C=O) groups is 1. The molecule has 2 heterocycles. The molecule has 1 amide bonds. The van der Waals surface area contributed by atoms with Gasteiger partial charge in [0.15, 0.2) is 0 Å². The average molecular weight is 452 g/mol. The molecule has 2 aromatic heterocycles. The molecule has 2 aromatic carbocycles. The number of methoxy groups -OCH3 is 2. The minimum atomic E-state index is -0.341. The van der Waals surface area contributed by atoms with Gasteiger partial charge in [0.2, 0.25) is 0 Å². The number of nitrogens with one attached hydrogen (secondary N) is 1. The second-order valence-electron chi connectivity index (χ2n) is 6.48. The molecule has 0 saturated carbocycles. The Morgan fingerprint density at radius 1 is 1.10 bits per heavy atom. The first-order valence-corrected chi connectivity index (χ1v) is 10.5. The number of hydrazone groups is 1. The summed E-state index contributed by atoms with van der Waals surface area (Å²) in [5.41, 5.74) is 5.10. The topological polar surface area (TPSA) is 72.8 Å². The van der Waals surface area contributed by atoms with E-state index in [9.17, 15) is 4.79 Å². The molecular weight excluding hydrogens is 434 g/mol. The highest BCUT2D eigenvalue weighted by atomic mass is 35.5. The number of para-hydroxylation sites is 1. The molecule has 0 fully saturated rings. The largest absolute Gasteiger partial charge is 0.497 e. The van der Waals surface area contributed by atoms with E-state index in [0.717, 1.165) is 15.8 Å². The third-order valence-electron chi connectivity index (χ3n) is 4.60. The number of ether oxygens (including phenoxy) is 2. The van der Waals surface area contributed by atoms with Gasteiger partial charge in [-0.1, -0.05) is 29.8 Å². The van der Waals surface area contributed by atoms with E-state index in [-0.39, 0.29) is 5.91 Å². The van der Waals surface area contributed by atoms with Gasteiger partial charge in [0, 0.05) is 21.9 Å². The van der Waals surface area contributed by atoms with Crippen LogP contribution in [0.4, 0.5) is 0 Å². The highest BCUT2D eigenvalue weighted by Gasteiger charge is 2.16. The van der Waals surface area contributed by atoms with E-state index < -0.39 is 0 Å². The van der Waals surface area contributed by atoms with E-state index in [1.54, 1.807) is 38.6 Å². The quantitative estimate of drug-likeness (QED) is 0.315. The monoisotopic (exact) mass is 451 g/mol. The van der Waals surface area contributed by atoms with Gasteiger partial charge in [-0.2, -0.15) is 5.10 Å². The fourth-order valence-electron chi connectivity index (χ4n) is 3.12. The summed E-state index contributed by atoms with van der Waals surface area (Å²) in [5.74, 6) is 0.926. The molecule has 31 heavy (non-hydrogen) atoms. The molecule has 8 heteroatoms. The van der Waals surface area contributed by atoms with Crippen molar-refractivity contribution < 1.29 is 14.3 Å². The van der Waals surface area contributed by atoms with Crippen molar-refractivity contribution in [2.45, 2.75) is 0 Å². The lowest BCUT2D eigenvalue weighted by Gasteiger charge is -2.12. The van der Waals surface area contributed by atoms with E-state index in [1.807, 2.05) is 42.5 Å². The van der Waals surface area contributed by atoms with Crippen molar-refractivity contribution in [3.63, 3.8) is 0 Å².